The molecular formula is C16H33N3O2. The summed E-state index contributed by atoms with van der Waals surface area (Å²) >= 11 is 0. The number of carbonyl (C=O) groups is 1. The number of nitrogens with one attached hydrogen (secondary N) is 2. The lowest BCUT2D eigenvalue weighted by Gasteiger charge is -2.33. The zero-order valence-corrected chi connectivity index (χ0v) is 14.1. The van der Waals surface area contributed by atoms with Gasteiger partial charge in [-0.3, -0.25) is 0 Å². The summed E-state index contributed by atoms with van der Waals surface area (Å²) in [5.41, 5.74) is -0.0718. The molecule has 0 bridgehead atoms. The van der Waals surface area contributed by atoms with Gasteiger partial charge in [-0.25, -0.2) is 4.79 Å². The molecule has 0 aliphatic carbocycles. The molecule has 21 heavy (non-hydrogen) atoms. The lowest BCUT2D eigenvalue weighted by molar-refractivity contribution is 0.168. The highest BCUT2D eigenvalue weighted by molar-refractivity contribution is 5.74. The first kappa shape index (κ1) is 18.2. The van der Waals surface area contributed by atoms with Crippen molar-refractivity contribution in [3.63, 3.8) is 0 Å². The normalized spacial score (nSPS) is 21.9. The molecule has 2 atom stereocenters. The van der Waals surface area contributed by atoms with Crippen LogP contribution < -0.4 is 10.6 Å². The molecule has 5 nitrogen and oxygen atoms in total. The van der Waals surface area contributed by atoms with Crippen LogP contribution in [0.5, 0.6) is 0 Å². The van der Waals surface area contributed by atoms with Crippen molar-refractivity contribution >= 4 is 6.03 Å². The molecule has 3 N–H and O–H groups in total. The minimum absolute atomic E-state index is 0.0718. The Morgan fingerprint density at radius 2 is 2.19 bits per heavy atom. The van der Waals surface area contributed by atoms with Crippen molar-refractivity contribution in [1.29, 1.82) is 0 Å². The van der Waals surface area contributed by atoms with Crippen LogP contribution in [0.1, 0.15) is 47.0 Å². The quantitative estimate of drug-likeness (QED) is 0.672. The van der Waals surface area contributed by atoms with E-state index in [2.05, 4.69) is 29.4 Å². The van der Waals surface area contributed by atoms with Gasteiger partial charge in [-0.15, -0.1) is 0 Å². The Labute approximate surface area is 129 Å². The van der Waals surface area contributed by atoms with Crippen LogP contribution in [-0.2, 0) is 0 Å². The van der Waals surface area contributed by atoms with E-state index in [0.717, 1.165) is 25.6 Å². The minimum atomic E-state index is -0.112. The van der Waals surface area contributed by atoms with E-state index < -0.39 is 0 Å². The van der Waals surface area contributed by atoms with Gasteiger partial charge in [0.15, 0.2) is 0 Å². The van der Waals surface area contributed by atoms with Gasteiger partial charge < -0.3 is 20.6 Å². The highest BCUT2D eigenvalue weighted by atomic mass is 16.3. The number of rotatable bonds is 7. The SMILES string of the molecule is CC1CCCN(CC(C)NC(=O)NCC(C)(C)CCO)C1. The summed E-state index contributed by atoms with van der Waals surface area (Å²) in [6.07, 6.45) is 3.27. The van der Waals surface area contributed by atoms with Gasteiger partial charge in [0.05, 0.1) is 0 Å². The second-order valence-corrected chi connectivity index (χ2v) is 7.37. The standard InChI is InChI=1S/C16H33N3O2/c1-13-6-5-8-19(10-13)11-14(2)18-15(21)17-12-16(3,4)7-9-20/h13-14,20H,5-12H2,1-4H3,(H2,17,18,21). The molecule has 0 aromatic carbocycles. The number of carbonyl (C=O) groups excluding carboxylic acids is 1. The summed E-state index contributed by atoms with van der Waals surface area (Å²) in [4.78, 5) is 14.3. The predicted molar refractivity (Wildman–Crippen MR) is 86.3 cm³/mol. The molecule has 0 radical (unpaired) electrons. The molecule has 2 amide bonds. The molecule has 0 spiro atoms. The third-order valence-electron chi connectivity index (χ3n) is 4.17. The van der Waals surface area contributed by atoms with Crippen molar-refractivity contribution in [3.05, 3.63) is 0 Å². The number of piperidine rings is 1. The second kappa shape index (κ2) is 8.59. The molecule has 0 aromatic heterocycles. The fourth-order valence-corrected chi connectivity index (χ4v) is 2.87. The van der Waals surface area contributed by atoms with Crippen molar-refractivity contribution in [3.8, 4) is 0 Å². The first-order valence-corrected chi connectivity index (χ1v) is 8.20. The van der Waals surface area contributed by atoms with E-state index in [9.17, 15) is 4.79 Å². The van der Waals surface area contributed by atoms with Crippen LogP contribution in [0.3, 0.4) is 0 Å². The third kappa shape index (κ3) is 7.67. The minimum Gasteiger partial charge on any atom is -0.396 e. The lowest BCUT2D eigenvalue weighted by Crippen LogP contribution is -2.49. The summed E-state index contributed by atoms with van der Waals surface area (Å²) in [7, 11) is 0. The largest absolute Gasteiger partial charge is 0.396 e. The van der Waals surface area contributed by atoms with E-state index >= 15 is 0 Å². The monoisotopic (exact) mass is 299 g/mol. The lowest BCUT2D eigenvalue weighted by atomic mass is 9.90. The predicted octanol–water partition coefficient (Wildman–Crippen LogP) is 1.81. The average molecular weight is 299 g/mol. The van der Waals surface area contributed by atoms with E-state index in [-0.39, 0.29) is 24.1 Å². The average Bonchev–Trinajstić information content (AvgIpc) is 2.36. The van der Waals surface area contributed by atoms with E-state index in [1.165, 1.54) is 12.8 Å². The highest BCUT2D eigenvalue weighted by Crippen LogP contribution is 2.18. The molecule has 0 aromatic rings. The molecule has 1 rings (SSSR count). The van der Waals surface area contributed by atoms with Gasteiger partial charge in [0.2, 0.25) is 0 Å². The van der Waals surface area contributed by atoms with Gasteiger partial charge in [0, 0.05) is 32.3 Å². The second-order valence-electron chi connectivity index (χ2n) is 7.37. The summed E-state index contributed by atoms with van der Waals surface area (Å²) < 4.78 is 0. The number of aliphatic hydroxyl groups is 1. The Balaban J connectivity index is 2.24. The van der Waals surface area contributed by atoms with Crippen molar-refractivity contribution in [1.82, 2.24) is 15.5 Å². The number of aliphatic hydroxyl groups excluding tert-OH is 1. The molecular weight excluding hydrogens is 266 g/mol. The smallest absolute Gasteiger partial charge is 0.315 e. The molecule has 0 saturated carbocycles. The maximum atomic E-state index is 11.9. The van der Waals surface area contributed by atoms with Gasteiger partial charge >= 0.3 is 6.03 Å². The molecule has 1 aliphatic heterocycles. The van der Waals surface area contributed by atoms with E-state index in [1.807, 2.05) is 13.8 Å². The van der Waals surface area contributed by atoms with Gasteiger partial charge in [-0.1, -0.05) is 20.8 Å². The summed E-state index contributed by atoms with van der Waals surface area (Å²) in [5, 5.41) is 14.9. The number of hydrogen-bond donors (Lipinski definition) is 3. The van der Waals surface area contributed by atoms with Crippen LogP contribution in [0.15, 0.2) is 0 Å². The van der Waals surface area contributed by atoms with Crippen LogP contribution in [0.25, 0.3) is 0 Å². The fraction of sp³-hybridized carbons (Fsp3) is 0.938. The zero-order chi connectivity index (χ0) is 15.9. The Bertz CT molecular complexity index is 321. The first-order valence-electron chi connectivity index (χ1n) is 8.20. The van der Waals surface area contributed by atoms with E-state index in [0.29, 0.717) is 13.0 Å². The van der Waals surface area contributed by atoms with Crippen molar-refractivity contribution in [2.75, 3.05) is 32.8 Å². The van der Waals surface area contributed by atoms with Crippen LogP contribution in [-0.4, -0.2) is 54.9 Å². The topological polar surface area (TPSA) is 64.6 Å². The zero-order valence-electron chi connectivity index (χ0n) is 14.1. The molecule has 1 heterocycles. The number of urea groups is 1. The number of likely N-dealkylation sites (tertiary alicyclic amines) is 1. The van der Waals surface area contributed by atoms with Gasteiger partial charge in [-0.05, 0) is 44.1 Å². The third-order valence-corrected chi connectivity index (χ3v) is 4.17. The van der Waals surface area contributed by atoms with Gasteiger partial charge in [-0.2, -0.15) is 0 Å². The summed E-state index contributed by atoms with van der Waals surface area (Å²) in [6, 6.07) is 0.0369. The molecule has 124 valence electrons. The fourth-order valence-electron chi connectivity index (χ4n) is 2.87. The maximum Gasteiger partial charge on any atom is 0.315 e. The van der Waals surface area contributed by atoms with Crippen LogP contribution >= 0.6 is 0 Å². The maximum absolute atomic E-state index is 11.9. The molecule has 1 fully saturated rings. The van der Waals surface area contributed by atoms with E-state index in [1.54, 1.807) is 0 Å². The van der Waals surface area contributed by atoms with Crippen LogP contribution in [0, 0.1) is 11.3 Å². The Kier molecular flexibility index (Phi) is 7.46. The molecule has 5 heteroatoms. The van der Waals surface area contributed by atoms with Crippen molar-refractivity contribution in [2.24, 2.45) is 11.3 Å². The highest BCUT2D eigenvalue weighted by Gasteiger charge is 2.20. The Hall–Kier alpha value is -0.810. The van der Waals surface area contributed by atoms with Crippen LogP contribution in [0.4, 0.5) is 4.79 Å². The summed E-state index contributed by atoms with van der Waals surface area (Å²) in [5.74, 6) is 0.763. The van der Waals surface area contributed by atoms with Crippen LogP contribution in [0.2, 0.25) is 0 Å². The molecule has 1 aliphatic rings. The molecule has 2 unspecified atom stereocenters. The van der Waals surface area contributed by atoms with Crippen molar-refractivity contribution in [2.45, 2.75) is 53.0 Å². The Morgan fingerprint density at radius 3 is 2.81 bits per heavy atom. The number of amides is 2. The number of hydrogen-bond acceptors (Lipinski definition) is 3. The molecule has 1 saturated heterocycles. The Morgan fingerprint density at radius 1 is 1.48 bits per heavy atom. The summed E-state index contributed by atoms with van der Waals surface area (Å²) in [6.45, 7) is 12.4. The van der Waals surface area contributed by atoms with Gasteiger partial charge in [0.1, 0.15) is 0 Å². The van der Waals surface area contributed by atoms with Crippen molar-refractivity contribution < 1.29 is 9.90 Å². The van der Waals surface area contributed by atoms with Gasteiger partial charge in [0.25, 0.3) is 0 Å². The van der Waals surface area contributed by atoms with E-state index in [4.69, 9.17) is 5.11 Å². The number of nitrogens with zero attached hydrogens (tertiary/aromatic N) is 1. The first-order chi connectivity index (χ1) is 9.82.